The fraction of sp³-hybridized carbons (Fsp3) is 0.267. The minimum Gasteiger partial charge on any atom is -0.345 e. The minimum absolute atomic E-state index is 0.644. The van der Waals surface area contributed by atoms with Crippen LogP contribution in [-0.4, -0.2) is 33.7 Å². The van der Waals surface area contributed by atoms with Gasteiger partial charge in [-0.15, -0.1) is 11.3 Å². The van der Waals surface area contributed by atoms with E-state index in [4.69, 9.17) is 0 Å². The van der Waals surface area contributed by atoms with Gasteiger partial charge in [-0.2, -0.15) is 4.90 Å². The molecule has 4 rings (SSSR count). The Morgan fingerprint density at radius 3 is 2.75 bits per heavy atom. The van der Waals surface area contributed by atoms with Gasteiger partial charge in [0.15, 0.2) is 6.54 Å². The molecule has 0 amide bonds. The van der Waals surface area contributed by atoms with E-state index < -0.39 is 5.72 Å². The van der Waals surface area contributed by atoms with E-state index in [-0.39, 0.29) is 0 Å². The average molecular weight is 303 g/mol. The summed E-state index contributed by atoms with van der Waals surface area (Å²) < 4.78 is 2.29. The van der Waals surface area contributed by atoms with E-state index in [1.807, 2.05) is 47.5 Å². The van der Waals surface area contributed by atoms with Crippen molar-refractivity contribution in [3.8, 4) is 0 Å². The molecule has 0 bridgehead atoms. The molecule has 1 aromatic heterocycles. The van der Waals surface area contributed by atoms with Gasteiger partial charge in [-0.1, -0.05) is 24.3 Å². The maximum atomic E-state index is 11.3. The van der Waals surface area contributed by atoms with Crippen LogP contribution in [0, 0.1) is 0 Å². The van der Waals surface area contributed by atoms with Gasteiger partial charge in [0.2, 0.25) is 0 Å². The third-order valence-electron chi connectivity index (χ3n) is 3.77. The van der Waals surface area contributed by atoms with Crippen LogP contribution in [0.15, 0.2) is 47.8 Å². The highest BCUT2D eigenvalue weighted by atomic mass is 32.2. The lowest BCUT2D eigenvalue weighted by molar-refractivity contribution is -0.524. The number of rotatable bonds is 2. The number of amidine groups is 1. The van der Waals surface area contributed by atoms with E-state index in [2.05, 4.69) is 21.6 Å². The maximum Gasteiger partial charge on any atom is 0.316 e. The van der Waals surface area contributed by atoms with Crippen LogP contribution in [0.1, 0.15) is 4.88 Å². The zero-order valence-corrected chi connectivity index (χ0v) is 12.5. The minimum atomic E-state index is -0.946. The standard InChI is InChI=1S/C15H15N2OS2/c18-15(13-7-4-9-19-13)11-16-8-10-20-14(16)17(15)12-5-2-1-3-6-12/h1-7,9,18H,8,10-11H2/q+1. The molecule has 1 unspecified atom stereocenters. The normalized spacial score (nSPS) is 25.4. The number of thiophene rings is 1. The molecule has 0 saturated heterocycles. The Balaban J connectivity index is 1.85. The molecule has 0 fully saturated rings. The van der Waals surface area contributed by atoms with Crippen LogP contribution >= 0.6 is 23.1 Å². The Kier molecular flexibility index (Phi) is 2.87. The first-order valence-corrected chi connectivity index (χ1v) is 8.52. The smallest absolute Gasteiger partial charge is 0.316 e. The molecule has 0 spiro atoms. The Hall–Kier alpha value is -1.30. The second kappa shape index (κ2) is 4.62. The molecule has 3 nitrogen and oxygen atoms in total. The zero-order chi connectivity index (χ0) is 13.6. The van der Waals surface area contributed by atoms with Crippen LogP contribution in [-0.2, 0) is 5.72 Å². The lowest BCUT2D eigenvalue weighted by Crippen LogP contribution is -2.46. The van der Waals surface area contributed by atoms with Gasteiger partial charge in [-0.05, 0) is 35.3 Å². The van der Waals surface area contributed by atoms with Crippen LogP contribution < -0.4 is 4.90 Å². The predicted molar refractivity (Wildman–Crippen MR) is 84.6 cm³/mol. The first kappa shape index (κ1) is 12.4. The Morgan fingerprint density at radius 2 is 2.00 bits per heavy atom. The van der Waals surface area contributed by atoms with Crippen molar-refractivity contribution in [2.45, 2.75) is 5.72 Å². The van der Waals surface area contributed by atoms with Crippen LogP contribution in [0.2, 0.25) is 0 Å². The number of benzene rings is 1. The molecule has 20 heavy (non-hydrogen) atoms. The number of aliphatic hydroxyl groups is 1. The molecule has 1 aromatic carbocycles. The molecule has 2 aliphatic rings. The number of thioether (sulfide) groups is 1. The van der Waals surface area contributed by atoms with Crippen LogP contribution in [0.3, 0.4) is 0 Å². The van der Waals surface area contributed by atoms with Crippen molar-refractivity contribution in [2.24, 2.45) is 0 Å². The number of hydrogen-bond donors (Lipinski definition) is 1. The highest BCUT2D eigenvalue weighted by molar-refractivity contribution is 8.14. The molecular formula is C15H15N2OS2+. The van der Waals surface area contributed by atoms with Crippen molar-refractivity contribution in [3.05, 3.63) is 52.7 Å². The van der Waals surface area contributed by atoms with E-state index in [0.717, 1.165) is 22.9 Å². The summed E-state index contributed by atoms with van der Waals surface area (Å²) in [6.45, 7) is 1.65. The molecule has 5 heteroatoms. The molecular weight excluding hydrogens is 288 g/mol. The average Bonchev–Trinajstić information content (AvgIpc) is 3.14. The van der Waals surface area contributed by atoms with E-state index in [9.17, 15) is 5.11 Å². The highest BCUT2D eigenvalue weighted by Crippen LogP contribution is 2.41. The highest BCUT2D eigenvalue weighted by Gasteiger charge is 2.56. The van der Waals surface area contributed by atoms with Gasteiger partial charge in [0.25, 0.3) is 5.72 Å². The third-order valence-corrected chi connectivity index (χ3v) is 5.86. The second-order valence-electron chi connectivity index (χ2n) is 5.02. The molecule has 0 aliphatic carbocycles. The quantitative estimate of drug-likeness (QED) is 0.864. The number of para-hydroxylation sites is 1. The Morgan fingerprint density at radius 1 is 1.15 bits per heavy atom. The summed E-state index contributed by atoms with van der Waals surface area (Å²) in [4.78, 5) is 3.10. The molecule has 0 radical (unpaired) electrons. The monoisotopic (exact) mass is 303 g/mol. The Bertz CT molecular complexity index is 654. The summed E-state index contributed by atoms with van der Waals surface area (Å²) in [5.74, 6) is 1.10. The summed E-state index contributed by atoms with van der Waals surface area (Å²) in [5.41, 5.74) is 0.105. The fourth-order valence-corrected chi connectivity index (χ4v) is 4.90. The summed E-state index contributed by atoms with van der Waals surface area (Å²) in [6.07, 6.45) is 0. The summed E-state index contributed by atoms with van der Waals surface area (Å²) in [7, 11) is 0. The zero-order valence-electron chi connectivity index (χ0n) is 10.9. The van der Waals surface area contributed by atoms with Gasteiger partial charge in [-0.25, -0.2) is 4.58 Å². The van der Waals surface area contributed by atoms with Crippen LogP contribution in [0.5, 0.6) is 0 Å². The van der Waals surface area contributed by atoms with E-state index in [1.54, 1.807) is 11.3 Å². The lowest BCUT2D eigenvalue weighted by Gasteiger charge is -2.27. The number of nitrogens with zero attached hydrogens (tertiary/aromatic N) is 2. The van der Waals surface area contributed by atoms with Crippen molar-refractivity contribution >= 4 is 34.0 Å². The first-order chi connectivity index (χ1) is 9.79. The van der Waals surface area contributed by atoms with Crippen molar-refractivity contribution in [2.75, 3.05) is 23.7 Å². The van der Waals surface area contributed by atoms with E-state index >= 15 is 0 Å². The van der Waals surface area contributed by atoms with E-state index in [1.165, 1.54) is 5.17 Å². The van der Waals surface area contributed by atoms with Crippen molar-refractivity contribution in [3.63, 3.8) is 0 Å². The number of hydrogen-bond acceptors (Lipinski definition) is 4. The van der Waals surface area contributed by atoms with Gasteiger partial charge in [-0.3, -0.25) is 0 Å². The molecule has 102 valence electrons. The summed E-state index contributed by atoms with van der Waals surface area (Å²) >= 11 is 3.44. The first-order valence-electron chi connectivity index (χ1n) is 6.65. The summed E-state index contributed by atoms with van der Waals surface area (Å²) in [5, 5.41) is 14.5. The van der Waals surface area contributed by atoms with Gasteiger partial charge in [0.1, 0.15) is 5.69 Å². The third kappa shape index (κ3) is 1.74. The molecule has 2 aromatic rings. The predicted octanol–water partition coefficient (Wildman–Crippen LogP) is 2.53. The molecule has 1 N–H and O–H groups in total. The second-order valence-corrected chi connectivity index (χ2v) is 7.03. The van der Waals surface area contributed by atoms with Crippen LogP contribution in [0.4, 0.5) is 5.69 Å². The Labute approximate surface area is 126 Å². The van der Waals surface area contributed by atoms with Crippen LogP contribution in [0.25, 0.3) is 0 Å². The van der Waals surface area contributed by atoms with Crippen molar-refractivity contribution < 1.29 is 9.68 Å². The van der Waals surface area contributed by atoms with E-state index in [0.29, 0.717) is 6.54 Å². The topological polar surface area (TPSA) is 26.5 Å². The summed E-state index contributed by atoms with van der Waals surface area (Å²) in [6, 6.07) is 14.2. The molecule has 2 aliphatic heterocycles. The SMILES string of the molecule is OC1(c2cccs2)C[N+]2=C(SCC2)N1c1ccccc1. The van der Waals surface area contributed by atoms with Gasteiger partial charge in [0.05, 0.1) is 11.4 Å². The van der Waals surface area contributed by atoms with Gasteiger partial charge < -0.3 is 5.11 Å². The largest absolute Gasteiger partial charge is 0.345 e. The van der Waals surface area contributed by atoms with Gasteiger partial charge in [0, 0.05) is 5.75 Å². The fourth-order valence-electron chi connectivity index (χ4n) is 2.88. The van der Waals surface area contributed by atoms with Crippen molar-refractivity contribution in [1.82, 2.24) is 0 Å². The molecule has 3 heterocycles. The maximum absolute atomic E-state index is 11.3. The van der Waals surface area contributed by atoms with Gasteiger partial charge >= 0.3 is 5.17 Å². The number of anilines is 1. The molecule has 1 atom stereocenters. The molecule has 0 saturated carbocycles. The van der Waals surface area contributed by atoms with Crippen molar-refractivity contribution in [1.29, 1.82) is 0 Å². The lowest BCUT2D eigenvalue weighted by atomic mass is 10.1.